The molecule has 2 rings (SSSR count). The molecule has 1 aliphatic rings. The fraction of sp³-hybridized carbons (Fsp3) is 0.429. The minimum Gasteiger partial charge on any atom is -0.497 e. The predicted molar refractivity (Wildman–Crippen MR) is 69.7 cm³/mol. The van der Waals surface area contributed by atoms with Crippen molar-refractivity contribution in [2.75, 3.05) is 20.7 Å². The lowest BCUT2D eigenvalue weighted by atomic mass is 10.1. The molecule has 5 nitrogen and oxygen atoms in total. The maximum atomic E-state index is 11.8. The number of ether oxygens (including phenoxy) is 2. The molecule has 0 N–H and O–H groups in total. The van der Waals surface area contributed by atoms with Crippen molar-refractivity contribution in [3.8, 4) is 11.5 Å². The Morgan fingerprint density at radius 2 is 2.16 bits per heavy atom. The second kappa shape index (κ2) is 5.30. The lowest BCUT2D eigenvalue weighted by molar-refractivity contribution is -0.132. The first kappa shape index (κ1) is 13.4. The first-order chi connectivity index (χ1) is 9.02. The molecule has 1 unspecified atom stereocenters. The zero-order valence-corrected chi connectivity index (χ0v) is 11.3. The number of hydrogen-bond acceptors (Lipinski definition) is 4. The Morgan fingerprint density at radius 3 is 2.68 bits per heavy atom. The summed E-state index contributed by atoms with van der Waals surface area (Å²) in [7, 11) is 3.28. The van der Waals surface area contributed by atoms with E-state index < -0.39 is 6.10 Å². The van der Waals surface area contributed by atoms with Gasteiger partial charge in [0.05, 0.1) is 12.7 Å². The Bertz CT molecular complexity index is 512. The Kier molecular flexibility index (Phi) is 3.74. The van der Waals surface area contributed by atoms with Gasteiger partial charge in [-0.2, -0.15) is 0 Å². The number of amides is 1. The second-order valence-corrected chi connectivity index (χ2v) is 4.57. The van der Waals surface area contributed by atoms with E-state index in [2.05, 4.69) is 0 Å². The van der Waals surface area contributed by atoms with E-state index >= 15 is 0 Å². The van der Waals surface area contributed by atoms with E-state index in [1.54, 1.807) is 37.3 Å². The molecule has 19 heavy (non-hydrogen) atoms. The summed E-state index contributed by atoms with van der Waals surface area (Å²) in [6.45, 7) is 2.14. The molecule has 0 aliphatic carbocycles. The van der Waals surface area contributed by atoms with Crippen molar-refractivity contribution in [1.82, 2.24) is 4.90 Å². The van der Waals surface area contributed by atoms with E-state index in [9.17, 15) is 9.59 Å². The molecule has 0 saturated carbocycles. The van der Waals surface area contributed by atoms with Crippen LogP contribution in [0.15, 0.2) is 18.2 Å². The van der Waals surface area contributed by atoms with Crippen LogP contribution in [-0.4, -0.2) is 43.4 Å². The third-order valence-corrected chi connectivity index (χ3v) is 3.22. The summed E-state index contributed by atoms with van der Waals surface area (Å²) < 4.78 is 10.8. The van der Waals surface area contributed by atoms with E-state index in [1.807, 2.05) is 0 Å². The first-order valence-corrected chi connectivity index (χ1v) is 6.13. The standard InChI is InChI=1S/C14H17NO4/c1-9(16)11-5-4-10(18-3)8-13(11)19-12-6-7-15(2)14(12)17/h4-5,8,12H,6-7H2,1-3H3. The zero-order chi connectivity index (χ0) is 14.0. The highest BCUT2D eigenvalue weighted by molar-refractivity contribution is 5.97. The molecule has 1 saturated heterocycles. The van der Waals surface area contributed by atoms with Crippen LogP contribution in [0.4, 0.5) is 0 Å². The van der Waals surface area contributed by atoms with Gasteiger partial charge in [0.25, 0.3) is 5.91 Å². The van der Waals surface area contributed by atoms with E-state index in [0.29, 0.717) is 30.0 Å². The Morgan fingerprint density at radius 1 is 1.42 bits per heavy atom. The SMILES string of the molecule is COc1ccc(C(C)=O)c(OC2CCN(C)C2=O)c1. The van der Waals surface area contributed by atoms with Gasteiger partial charge < -0.3 is 14.4 Å². The zero-order valence-electron chi connectivity index (χ0n) is 11.3. The van der Waals surface area contributed by atoms with Crippen molar-refractivity contribution in [1.29, 1.82) is 0 Å². The number of carbonyl (C=O) groups is 2. The molecular formula is C14H17NO4. The maximum Gasteiger partial charge on any atom is 0.263 e. The van der Waals surface area contributed by atoms with Crippen LogP contribution < -0.4 is 9.47 Å². The molecule has 102 valence electrons. The van der Waals surface area contributed by atoms with Gasteiger partial charge in [0.2, 0.25) is 0 Å². The molecule has 1 amide bonds. The Hall–Kier alpha value is -2.04. The monoisotopic (exact) mass is 263 g/mol. The summed E-state index contributed by atoms with van der Waals surface area (Å²) in [5, 5.41) is 0. The quantitative estimate of drug-likeness (QED) is 0.773. The highest BCUT2D eigenvalue weighted by Crippen LogP contribution is 2.28. The fourth-order valence-corrected chi connectivity index (χ4v) is 2.07. The number of rotatable bonds is 4. The van der Waals surface area contributed by atoms with Crippen molar-refractivity contribution < 1.29 is 19.1 Å². The molecule has 1 heterocycles. The minimum absolute atomic E-state index is 0.0580. The van der Waals surface area contributed by atoms with E-state index in [1.165, 1.54) is 6.92 Å². The largest absolute Gasteiger partial charge is 0.497 e. The molecule has 5 heteroatoms. The average Bonchev–Trinajstić information content (AvgIpc) is 2.70. The van der Waals surface area contributed by atoms with Gasteiger partial charge in [-0.15, -0.1) is 0 Å². The molecule has 1 aromatic rings. The van der Waals surface area contributed by atoms with Crippen LogP contribution in [0.2, 0.25) is 0 Å². The van der Waals surface area contributed by atoms with Gasteiger partial charge in [-0.05, 0) is 19.1 Å². The van der Waals surface area contributed by atoms with Crippen LogP contribution >= 0.6 is 0 Å². The average molecular weight is 263 g/mol. The number of nitrogens with zero attached hydrogens (tertiary/aromatic N) is 1. The highest BCUT2D eigenvalue weighted by atomic mass is 16.5. The van der Waals surface area contributed by atoms with Gasteiger partial charge in [0.1, 0.15) is 11.5 Å². The molecule has 1 aromatic carbocycles. The van der Waals surface area contributed by atoms with Gasteiger partial charge in [0.15, 0.2) is 11.9 Å². The summed E-state index contributed by atoms with van der Waals surface area (Å²) in [6, 6.07) is 4.99. The van der Waals surface area contributed by atoms with Crippen LogP contribution in [0, 0.1) is 0 Å². The molecule has 1 fully saturated rings. The first-order valence-electron chi connectivity index (χ1n) is 6.13. The number of carbonyl (C=O) groups excluding carboxylic acids is 2. The van der Waals surface area contributed by atoms with Crippen molar-refractivity contribution >= 4 is 11.7 Å². The lowest BCUT2D eigenvalue weighted by Gasteiger charge is -2.16. The van der Waals surface area contributed by atoms with Crippen molar-refractivity contribution in [2.24, 2.45) is 0 Å². The Labute approximate surface area is 112 Å². The molecule has 1 atom stereocenters. The van der Waals surface area contributed by atoms with Crippen LogP contribution in [-0.2, 0) is 4.79 Å². The molecule has 0 spiro atoms. The molecule has 1 aliphatic heterocycles. The summed E-state index contributed by atoms with van der Waals surface area (Å²) in [6.07, 6.45) is 0.111. The topological polar surface area (TPSA) is 55.8 Å². The maximum absolute atomic E-state index is 11.8. The van der Waals surface area contributed by atoms with Crippen LogP contribution in [0.1, 0.15) is 23.7 Å². The van der Waals surface area contributed by atoms with E-state index in [4.69, 9.17) is 9.47 Å². The Balaban J connectivity index is 2.27. The van der Waals surface area contributed by atoms with E-state index in [0.717, 1.165) is 0 Å². The van der Waals surface area contributed by atoms with Crippen molar-refractivity contribution in [3.63, 3.8) is 0 Å². The summed E-state index contributed by atoms with van der Waals surface area (Å²) >= 11 is 0. The smallest absolute Gasteiger partial charge is 0.263 e. The predicted octanol–water partition coefficient (Wildman–Crippen LogP) is 1.51. The number of ketones is 1. The third kappa shape index (κ3) is 2.70. The number of methoxy groups -OCH3 is 1. The number of Topliss-reactive ketones (excluding diaryl/α,β-unsaturated/α-hetero) is 1. The second-order valence-electron chi connectivity index (χ2n) is 4.57. The van der Waals surface area contributed by atoms with Crippen molar-refractivity contribution in [3.05, 3.63) is 23.8 Å². The number of hydrogen-bond donors (Lipinski definition) is 0. The minimum atomic E-state index is -0.518. The van der Waals surface area contributed by atoms with Crippen molar-refractivity contribution in [2.45, 2.75) is 19.4 Å². The number of likely N-dealkylation sites (tertiary alicyclic amines) is 1. The summed E-state index contributed by atoms with van der Waals surface area (Å²) in [4.78, 5) is 25.0. The van der Waals surface area contributed by atoms with Gasteiger partial charge >= 0.3 is 0 Å². The van der Waals surface area contributed by atoms with Crippen LogP contribution in [0.25, 0.3) is 0 Å². The number of benzene rings is 1. The van der Waals surface area contributed by atoms with Crippen LogP contribution in [0.3, 0.4) is 0 Å². The van der Waals surface area contributed by atoms with Gasteiger partial charge in [-0.3, -0.25) is 9.59 Å². The highest BCUT2D eigenvalue weighted by Gasteiger charge is 2.31. The molecule has 0 bridgehead atoms. The molecule has 0 aromatic heterocycles. The van der Waals surface area contributed by atoms with Gasteiger partial charge in [-0.25, -0.2) is 0 Å². The van der Waals surface area contributed by atoms with Gasteiger partial charge in [0, 0.05) is 26.1 Å². The van der Waals surface area contributed by atoms with Crippen LogP contribution in [0.5, 0.6) is 11.5 Å². The lowest BCUT2D eigenvalue weighted by Crippen LogP contribution is -2.29. The molecular weight excluding hydrogens is 246 g/mol. The summed E-state index contributed by atoms with van der Waals surface area (Å²) in [5.41, 5.74) is 0.461. The van der Waals surface area contributed by atoms with Gasteiger partial charge in [-0.1, -0.05) is 0 Å². The molecule has 0 radical (unpaired) electrons. The fourth-order valence-electron chi connectivity index (χ4n) is 2.07. The number of likely N-dealkylation sites (N-methyl/N-ethyl adjacent to an activating group) is 1. The van der Waals surface area contributed by atoms with E-state index in [-0.39, 0.29) is 11.7 Å². The third-order valence-electron chi connectivity index (χ3n) is 3.22. The normalized spacial score (nSPS) is 18.6. The summed E-state index contributed by atoms with van der Waals surface area (Å²) in [5.74, 6) is 0.841.